The molecular weight excluding hydrogens is 452 g/mol. The average Bonchev–Trinajstić information content (AvgIpc) is 2.88. The smallest absolute Gasteiger partial charge is 0.410 e. The summed E-state index contributed by atoms with van der Waals surface area (Å²) in [6.45, 7) is 13.8. The van der Waals surface area contributed by atoms with Gasteiger partial charge in [0, 0.05) is 0 Å². The highest BCUT2D eigenvalue weighted by Gasteiger charge is 2.62. The molecule has 5 atom stereocenters. The number of piperidine rings is 2. The Bertz CT molecular complexity index is 1010. The van der Waals surface area contributed by atoms with Crippen molar-refractivity contribution in [3.8, 4) is 0 Å². The molecule has 3 bridgehead atoms. The molecule has 1 N–H and O–H groups in total. The third-order valence-electron chi connectivity index (χ3n) is 7.99. The van der Waals surface area contributed by atoms with E-state index in [1.54, 1.807) is 0 Å². The topological polar surface area (TPSA) is 50.8 Å². The molecule has 35 heavy (non-hydrogen) atoms. The zero-order valence-corrected chi connectivity index (χ0v) is 23.0. The van der Waals surface area contributed by atoms with E-state index in [2.05, 4.69) is 86.8 Å². The predicted octanol–water partition coefficient (Wildman–Crippen LogP) is 4.30. The van der Waals surface area contributed by atoms with Gasteiger partial charge in [-0.25, -0.2) is 4.79 Å². The van der Waals surface area contributed by atoms with E-state index in [1.165, 1.54) is 10.4 Å². The zero-order chi connectivity index (χ0) is 25.0. The minimum absolute atomic E-state index is 0.0234. The van der Waals surface area contributed by atoms with Gasteiger partial charge in [0.15, 0.2) is 0 Å². The SMILES string of the molecule is CC(C)(C)OC(=O)N1[C@H]2C[C@H]3CN[C@@H]2[C@@H](O[Si](c2ccccc2)(c2ccccc2)C(C)(C)C)[C@@H]1C3. The molecule has 0 aromatic heterocycles. The summed E-state index contributed by atoms with van der Waals surface area (Å²) >= 11 is 0. The normalized spacial score (nSPS) is 28.3. The summed E-state index contributed by atoms with van der Waals surface area (Å²) in [4.78, 5) is 15.5. The van der Waals surface area contributed by atoms with Crippen molar-refractivity contribution in [2.45, 2.75) is 89.3 Å². The molecule has 5 nitrogen and oxygen atoms in total. The van der Waals surface area contributed by atoms with E-state index in [1.807, 2.05) is 25.7 Å². The molecule has 5 rings (SSSR count). The van der Waals surface area contributed by atoms with E-state index < -0.39 is 13.9 Å². The molecule has 0 aliphatic carbocycles. The fourth-order valence-corrected chi connectivity index (χ4v) is 11.4. The fourth-order valence-electron chi connectivity index (χ4n) is 6.68. The number of ether oxygens (including phenoxy) is 1. The number of fused-ring (bicyclic) bond motifs is 2. The molecule has 3 aliphatic rings. The van der Waals surface area contributed by atoms with Crippen molar-refractivity contribution in [3.63, 3.8) is 0 Å². The molecule has 3 saturated heterocycles. The Hall–Kier alpha value is -2.15. The van der Waals surface area contributed by atoms with Crippen LogP contribution in [0, 0.1) is 5.92 Å². The van der Waals surface area contributed by atoms with Crippen LogP contribution in [0.4, 0.5) is 4.79 Å². The first-order valence-corrected chi connectivity index (χ1v) is 15.0. The first-order valence-electron chi connectivity index (χ1n) is 13.0. The van der Waals surface area contributed by atoms with Crippen molar-refractivity contribution < 1.29 is 14.0 Å². The summed E-state index contributed by atoms with van der Waals surface area (Å²) in [6, 6.07) is 21.9. The van der Waals surface area contributed by atoms with Crippen LogP contribution in [0.3, 0.4) is 0 Å². The minimum Gasteiger partial charge on any atom is -0.444 e. The van der Waals surface area contributed by atoms with Crippen molar-refractivity contribution >= 4 is 24.8 Å². The lowest BCUT2D eigenvalue weighted by molar-refractivity contribution is -0.00693. The number of nitrogens with one attached hydrogen (secondary N) is 1. The van der Waals surface area contributed by atoms with Crippen LogP contribution in [0.25, 0.3) is 0 Å². The third kappa shape index (κ3) is 4.24. The molecule has 2 aromatic rings. The molecular formula is C29H40N2O3Si. The monoisotopic (exact) mass is 492 g/mol. The molecule has 3 heterocycles. The van der Waals surface area contributed by atoms with E-state index >= 15 is 0 Å². The zero-order valence-electron chi connectivity index (χ0n) is 22.0. The highest BCUT2D eigenvalue weighted by Crippen LogP contribution is 2.47. The Balaban J connectivity index is 1.60. The lowest BCUT2D eigenvalue weighted by atomic mass is 9.88. The number of carbonyl (C=O) groups excluding carboxylic acids is 1. The molecule has 0 saturated carbocycles. The average molecular weight is 493 g/mol. The number of nitrogens with zero attached hydrogens (tertiary/aromatic N) is 1. The lowest BCUT2D eigenvalue weighted by Gasteiger charge is -2.46. The van der Waals surface area contributed by atoms with Crippen LogP contribution in [0.15, 0.2) is 60.7 Å². The molecule has 1 amide bonds. The standard InChI is InChI=1S/C29H40N2O3Si/c1-28(2,3)33-27(32)31-23-17-20-18-24(31)26(25(23)30-19-20)34-35(29(4,5)6,21-13-9-7-10-14-21)22-15-11-8-12-16-22/h7-16,20,23-26,30H,17-19H2,1-6H3/t20-,23+,24+,25+,26+/m1/s1. The van der Waals surface area contributed by atoms with E-state index in [0.29, 0.717) is 5.92 Å². The second-order valence-electron chi connectivity index (χ2n) is 12.5. The summed E-state index contributed by atoms with van der Waals surface area (Å²) < 4.78 is 13.5. The van der Waals surface area contributed by atoms with Crippen LogP contribution in [-0.2, 0) is 9.16 Å². The van der Waals surface area contributed by atoms with Crippen molar-refractivity contribution in [2.24, 2.45) is 5.92 Å². The van der Waals surface area contributed by atoms with Crippen LogP contribution < -0.4 is 15.7 Å². The summed E-state index contributed by atoms with van der Waals surface area (Å²) in [7, 11) is -2.74. The van der Waals surface area contributed by atoms with Crippen molar-refractivity contribution in [2.75, 3.05) is 6.54 Å². The number of hydrogen-bond donors (Lipinski definition) is 1. The Labute approximate surface area is 211 Å². The van der Waals surface area contributed by atoms with Gasteiger partial charge in [-0.15, -0.1) is 0 Å². The van der Waals surface area contributed by atoms with E-state index in [4.69, 9.17) is 9.16 Å². The molecule has 188 valence electrons. The summed E-state index contributed by atoms with van der Waals surface area (Å²) in [5.74, 6) is 0.577. The Morgan fingerprint density at radius 3 is 1.94 bits per heavy atom. The third-order valence-corrected chi connectivity index (χ3v) is 13.0. The van der Waals surface area contributed by atoms with Crippen LogP contribution in [0.1, 0.15) is 54.4 Å². The maximum absolute atomic E-state index is 13.4. The molecule has 3 fully saturated rings. The van der Waals surface area contributed by atoms with Crippen molar-refractivity contribution in [1.29, 1.82) is 0 Å². The van der Waals surface area contributed by atoms with Crippen molar-refractivity contribution in [3.05, 3.63) is 60.7 Å². The fraction of sp³-hybridized carbons (Fsp3) is 0.552. The molecule has 3 aliphatic heterocycles. The minimum atomic E-state index is -2.74. The maximum Gasteiger partial charge on any atom is 0.410 e. The van der Waals surface area contributed by atoms with E-state index in [-0.39, 0.29) is 35.4 Å². The molecule has 0 spiro atoms. The number of rotatable bonds is 4. The van der Waals surface area contributed by atoms with Gasteiger partial charge in [0.25, 0.3) is 8.32 Å². The van der Waals surface area contributed by atoms with E-state index in [0.717, 1.165) is 19.4 Å². The molecule has 6 heteroatoms. The van der Waals surface area contributed by atoms with Crippen LogP contribution >= 0.6 is 0 Å². The number of benzene rings is 2. The van der Waals surface area contributed by atoms with Crippen LogP contribution in [-0.4, -0.2) is 55.7 Å². The van der Waals surface area contributed by atoms with Gasteiger partial charge in [0.05, 0.1) is 24.2 Å². The Morgan fingerprint density at radius 2 is 1.43 bits per heavy atom. The number of carbonyl (C=O) groups is 1. The van der Waals surface area contributed by atoms with Gasteiger partial charge in [-0.2, -0.15) is 0 Å². The first kappa shape index (κ1) is 24.5. The van der Waals surface area contributed by atoms with Gasteiger partial charge in [-0.3, -0.25) is 4.90 Å². The van der Waals surface area contributed by atoms with Crippen LogP contribution in [0.5, 0.6) is 0 Å². The van der Waals surface area contributed by atoms with Gasteiger partial charge in [0.1, 0.15) is 5.60 Å². The highest BCUT2D eigenvalue weighted by molar-refractivity contribution is 6.99. The number of hydrogen-bond acceptors (Lipinski definition) is 4. The molecule has 2 aromatic carbocycles. The highest BCUT2D eigenvalue weighted by atomic mass is 28.4. The summed E-state index contributed by atoms with van der Waals surface area (Å²) in [5.41, 5.74) is -0.519. The molecule has 0 radical (unpaired) electrons. The maximum atomic E-state index is 13.4. The lowest BCUT2D eigenvalue weighted by Crippen LogP contribution is -2.69. The second-order valence-corrected chi connectivity index (χ2v) is 16.8. The van der Waals surface area contributed by atoms with Crippen molar-refractivity contribution in [1.82, 2.24) is 10.2 Å². The van der Waals surface area contributed by atoms with Gasteiger partial charge in [0.2, 0.25) is 0 Å². The van der Waals surface area contributed by atoms with Gasteiger partial charge in [-0.1, -0.05) is 81.4 Å². The number of amides is 1. The largest absolute Gasteiger partial charge is 0.444 e. The Morgan fingerprint density at radius 1 is 0.886 bits per heavy atom. The Kier molecular flexibility index (Phi) is 6.13. The molecule has 0 unspecified atom stereocenters. The van der Waals surface area contributed by atoms with E-state index in [9.17, 15) is 4.79 Å². The van der Waals surface area contributed by atoms with Gasteiger partial charge in [-0.05, 0) is 61.5 Å². The quantitative estimate of drug-likeness (QED) is 0.647. The predicted molar refractivity (Wildman–Crippen MR) is 143 cm³/mol. The summed E-state index contributed by atoms with van der Waals surface area (Å²) in [6.07, 6.45) is 1.70. The first-order chi connectivity index (χ1) is 16.5. The summed E-state index contributed by atoms with van der Waals surface area (Å²) in [5, 5.41) is 6.24. The van der Waals surface area contributed by atoms with Gasteiger partial charge < -0.3 is 14.5 Å². The second kappa shape index (κ2) is 8.75. The van der Waals surface area contributed by atoms with Gasteiger partial charge >= 0.3 is 6.09 Å². The van der Waals surface area contributed by atoms with Crippen LogP contribution in [0.2, 0.25) is 5.04 Å².